The van der Waals surface area contributed by atoms with Crippen molar-refractivity contribution in [3.63, 3.8) is 0 Å². The number of hydrogen-bond donors (Lipinski definition) is 1. The first-order chi connectivity index (χ1) is 5.73. The van der Waals surface area contributed by atoms with Gasteiger partial charge in [-0.2, -0.15) is 4.65 Å². The zero-order valence-electron chi connectivity index (χ0n) is 7.06. The minimum absolute atomic E-state index is 0.419. The first-order valence-electron chi connectivity index (χ1n) is 3.60. The van der Waals surface area contributed by atoms with Crippen molar-refractivity contribution in [2.75, 3.05) is 13.7 Å². The molecule has 1 N–H and O–H groups in total. The molecule has 6 heteroatoms. The molecular weight excluding hydrogens is 162 g/mol. The monoisotopic (exact) mass is 174 g/mol. The highest BCUT2D eigenvalue weighted by Gasteiger charge is 2.33. The number of rotatable bonds is 4. The number of nitrogens with zero attached hydrogens (tertiary/aromatic N) is 2. The fourth-order valence-corrected chi connectivity index (χ4v) is 0.888. The lowest BCUT2D eigenvalue weighted by Gasteiger charge is -2.32. The molecule has 68 valence electrons. The van der Waals surface area contributed by atoms with Crippen LogP contribution < -0.4 is 5.10 Å². The lowest BCUT2D eigenvalue weighted by atomic mass is 10.7. The van der Waals surface area contributed by atoms with Crippen LogP contribution in [0.4, 0.5) is 0 Å². The molecule has 1 rings (SSSR count). The third-order valence-electron chi connectivity index (χ3n) is 1.41. The van der Waals surface area contributed by atoms with Crippen molar-refractivity contribution in [3.05, 3.63) is 5.21 Å². The summed E-state index contributed by atoms with van der Waals surface area (Å²) in [4.78, 5) is 0. The molecular formula is C6H12N3O3+. The van der Waals surface area contributed by atoms with Crippen LogP contribution in [0, 0.1) is 5.21 Å². The smallest absolute Gasteiger partial charge is 0.365 e. The van der Waals surface area contributed by atoms with E-state index in [1.807, 2.05) is 0 Å². The number of ether oxygens (including phenoxy) is 2. The van der Waals surface area contributed by atoms with Crippen LogP contribution in [0.15, 0.2) is 5.10 Å². The highest BCUT2D eigenvalue weighted by Crippen LogP contribution is 2.08. The molecule has 12 heavy (non-hydrogen) atoms. The fraction of sp³-hybridized carbons (Fsp3) is 0.667. The Morgan fingerprint density at radius 3 is 2.92 bits per heavy atom. The molecule has 0 aromatic heterocycles. The van der Waals surface area contributed by atoms with E-state index in [0.717, 1.165) is 0 Å². The molecule has 0 radical (unpaired) electrons. The Morgan fingerprint density at radius 1 is 1.75 bits per heavy atom. The maximum Gasteiger partial charge on any atom is 0.365 e. The Balaban J connectivity index is 2.64. The third kappa shape index (κ3) is 1.67. The van der Waals surface area contributed by atoms with Crippen LogP contribution in [-0.2, 0) is 9.47 Å². The van der Waals surface area contributed by atoms with Crippen molar-refractivity contribution >= 4 is 12.7 Å². The summed E-state index contributed by atoms with van der Waals surface area (Å²) in [5.74, 6) is 0. The van der Waals surface area contributed by atoms with Crippen molar-refractivity contribution in [2.24, 2.45) is 5.10 Å². The molecule has 0 aliphatic carbocycles. The summed E-state index contributed by atoms with van der Waals surface area (Å²) in [6.07, 6.45) is 1.53. The Kier molecular flexibility index (Phi) is 2.88. The van der Waals surface area contributed by atoms with Crippen LogP contribution >= 0.6 is 0 Å². The second-order valence-corrected chi connectivity index (χ2v) is 2.26. The van der Waals surface area contributed by atoms with Gasteiger partial charge in [0, 0.05) is 7.11 Å². The largest absolute Gasteiger partial charge is 0.613 e. The summed E-state index contributed by atoms with van der Waals surface area (Å²) in [6.45, 7) is 2.21. The molecule has 0 saturated carbocycles. The van der Waals surface area contributed by atoms with E-state index in [-0.39, 0.29) is 0 Å². The van der Waals surface area contributed by atoms with E-state index < -0.39 is 11.1 Å². The molecule has 0 amide bonds. The molecule has 0 saturated heterocycles. The van der Waals surface area contributed by atoms with Gasteiger partial charge in [0.1, 0.15) is 0 Å². The summed E-state index contributed by atoms with van der Waals surface area (Å²) in [5.41, 5.74) is 0. The number of methoxy groups -OCH3 is 1. The molecule has 2 unspecified atom stereocenters. The maximum atomic E-state index is 11.6. The average molecular weight is 174 g/mol. The van der Waals surface area contributed by atoms with Crippen LogP contribution in [0.1, 0.15) is 6.92 Å². The maximum absolute atomic E-state index is 11.6. The summed E-state index contributed by atoms with van der Waals surface area (Å²) in [5, 5.41) is 17.6. The number of nitrogens with one attached hydrogen (secondary N) is 1. The zero-order valence-corrected chi connectivity index (χ0v) is 7.06. The third-order valence-corrected chi connectivity index (χ3v) is 1.41. The summed E-state index contributed by atoms with van der Waals surface area (Å²) >= 11 is 0. The standard InChI is InChI=1S/C6H11N3O3/c1-3-12-6(11-2)9(10)4-7-8-5-9/h4-6H,3H2,1-2H3/p+1. The fourth-order valence-electron chi connectivity index (χ4n) is 0.888. The van der Waals surface area contributed by atoms with Gasteiger partial charge in [-0.05, 0) is 6.92 Å². The SMILES string of the molecule is CCOC(OC)[N+]1([O-])C=N[NH+]=C1. The lowest BCUT2D eigenvalue weighted by Crippen LogP contribution is -2.64. The summed E-state index contributed by atoms with van der Waals surface area (Å²) in [6, 6.07) is 0. The molecule has 0 aromatic rings. The molecule has 0 aromatic carbocycles. The van der Waals surface area contributed by atoms with E-state index in [1.54, 1.807) is 6.92 Å². The Bertz CT molecular complexity index is 192. The van der Waals surface area contributed by atoms with Gasteiger partial charge in [-0.15, -0.1) is 0 Å². The van der Waals surface area contributed by atoms with Gasteiger partial charge in [0.15, 0.2) is 0 Å². The van der Waals surface area contributed by atoms with E-state index in [9.17, 15) is 5.21 Å². The van der Waals surface area contributed by atoms with E-state index in [4.69, 9.17) is 9.47 Å². The molecule has 0 bridgehead atoms. The van der Waals surface area contributed by atoms with Crippen molar-refractivity contribution in [3.8, 4) is 0 Å². The molecule has 1 aliphatic heterocycles. The quantitative estimate of drug-likeness (QED) is 0.315. The van der Waals surface area contributed by atoms with Crippen LogP contribution in [0.25, 0.3) is 0 Å². The van der Waals surface area contributed by atoms with Gasteiger partial charge in [-0.1, -0.05) is 5.10 Å². The Morgan fingerprint density at radius 2 is 2.50 bits per heavy atom. The summed E-state index contributed by atoms with van der Waals surface area (Å²) < 4.78 is 9.05. The van der Waals surface area contributed by atoms with Crippen molar-refractivity contribution in [1.29, 1.82) is 0 Å². The van der Waals surface area contributed by atoms with E-state index in [1.165, 1.54) is 19.8 Å². The van der Waals surface area contributed by atoms with Crippen LogP contribution in [0.3, 0.4) is 0 Å². The van der Waals surface area contributed by atoms with E-state index in [2.05, 4.69) is 10.2 Å². The second kappa shape index (κ2) is 3.72. The van der Waals surface area contributed by atoms with E-state index in [0.29, 0.717) is 6.61 Å². The number of quaternary nitrogens is 1. The van der Waals surface area contributed by atoms with Crippen LogP contribution in [-0.4, -0.2) is 37.5 Å². The predicted octanol–water partition coefficient (Wildman–Crippen LogP) is -1.67. The van der Waals surface area contributed by atoms with Crippen LogP contribution in [0.2, 0.25) is 0 Å². The van der Waals surface area contributed by atoms with Gasteiger partial charge in [0.05, 0.1) is 11.7 Å². The minimum Gasteiger partial charge on any atom is -0.613 e. The van der Waals surface area contributed by atoms with Gasteiger partial charge in [0.25, 0.3) is 6.34 Å². The molecule has 2 atom stereocenters. The van der Waals surface area contributed by atoms with Crippen molar-refractivity contribution < 1.29 is 19.2 Å². The number of hydrogen-bond acceptors (Lipinski definition) is 4. The zero-order chi connectivity index (χ0) is 9.03. The number of hydroxylamine groups is 3. The predicted molar refractivity (Wildman–Crippen MR) is 41.6 cm³/mol. The van der Waals surface area contributed by atoms with Gasteiger partial charge < -0.3 is 14.7 Å². The number of hydrazone groups is 1. The van der Waals surface area contributed by atoms with Crippen molar-refractivity contribution in [2.45, 2.75) is 13.3 Å². The van der Waals surface area contributed by atoms with Gasteiger partial charge in [-0.3, -0.25) is 0 Å². The van der Waals surface area contributed by atoms with Crippen LogP contribution in [0.5, 0.6) is 0 Å². The highest BCUT2D eigenvalue weighted by atomic mass is 16.8. The normalized spacial score (nSPS) is 29.6. The lowest BCUT2D eigenvalue weighted by molar-refractivity contribution is -0.790. The summed E-state index contributed by atoms with van der Waals surface area (Å²) in [7, 11) is 1.41. The van der Waals surface area contributed by atoms with Crippen molar-refractivity contribution in [1.82, 2.24) is 0 Å². The molecule has 6 nitrogen and oxygen atoms in total. The molecule has 0 spiro atoms. The Hall–Kier alpha value is -0.820. The first-order valence-corrected chi connectivity index (χ1v) is 3.60. The highest BCUT2D eigenvalue weighted by molar-refractivity contribution is 5.62. The minimum atomic E-state index is -0.881. The van der Waals surface area contributed by atoms with E-state index >= 15 is 0 Å². The molecule has 1 aliphatic rings. The first kappa shape index (κ1) is 9.27. The van der Waals surface area contributed by atoms with Gasteiger partial charge in [-0.25, -0.2) is 0 Å². The molecule has 0 fully saturated rings. The Labute approximate surface area is 70.3 Å². The average Bonchev–Trinajstić information content (AvgIpc) is 2.49. The van der Waals surface area contributed by atoms with Gasteiger partial charge in [0.2, 0.25) is 0 Å². The van der Waals surface area contributed by atoms with Gasteiger partial charge >= 0.3 is 12.8 Å². The topological polar surface area (TPSA) is 67.8 Å². The molecule has 1 heterocycles. The second-order valence-electron chi connectivity index (χ2n) is 2.26.